The molecule has 0 spiro atoms. The molecule has 2 heteroatoms. The van der Waals surface area contributed by atoms with E-state index < -0.39 is 5.97 Å². The van der Waals surface area contributed by atoms with Crippen molar-refractivity contribution < 1.29 is 9.90 Å². The van der Waals surface area contributed by atoms with Crippen molar-refractivity contribution >= 4 is 5.97 Å². The average molecular weight is 280 g/mol. The Morgan fingerprint density at radius 3 is 1.90 bits per heavy atom. The second kappa shape index (κ2) is 16.0. The van der Waals surface area contributed by atoms with E-state index in [1.807, 2.05) is 0 Å². The topological polar surface area (TPSA) is 37.3 Å². The molecule has 0 atom stereocenters. The molecule has 0 aliphatic rings. The zero-order valence-corrected chi connectivity index (χ0v) is 13.2. The van der Waals surface area contributed by atoms with Gasteiger partial charge >= 0.3 is 5.97 Å². The van der Waals surface area contributed by atoms with E-state index in [2.05, 4.69) is 24.8 Å². The van der Waals surface area contributed by atoms with Crippen molar-refractivity contribution in [3.8, 4) is 0 Å². The average Bonchev–Trinajstić information content (AvgIpc) is 2.43. The number of aliphatic carboxylic acids is 1. The summed E-state index contributed by atoms with van der Waals surface area (Å²) in [6.45, 7) is 2.21. The van der Waals surface area contributed by atoms with Crippen LogP contribution in [0.1, 0.15) is 90.4 Å². The maximum atomic E-state index is 10.3. The van der Waals surface area contributed by atoms with E-state index in [1.165, 1.54) is 51.4 Å². The third-order valence-electron chi connectivity index (χ3n) is 3.43. The first-order valence-corrected chi connectivity index (χ1v) is 8.38. The fourth-order valence-corrected chi connectivity index (χ4v) is 2.14. The Morgan fingerprint density at radius 1 is 0.850 bits per heavy atom. The molecule has 0 aliphatic heterocycles. The zero-order valence-electron chi connectivity index (χ0n) is 13.2. The normalized spacial score (nSPS) is 10.1. The molecule has 0 saturated carbocycles. The van der Waals surface area contributed by atoms with Crippen LogP contribution in [0.5, 0.6) is 0 Å². The van der Waals surface area contributed by atoms with Crippen LogP contribution in [0.3, 0.4) is 0 Å². The van der Waals surface area contributed by atoms with E-state index in [9.17, 15) is 4.79 Å². The lowest BCUT2D eigenvalue weighted by molar-refractivity contribution is -0.137. The predicted octanol–water partition coefficient (Wildman–Crippen LogP) is 5.87. The summed E-state index contributed by atoms with van der Waals surface area (Å²) in [5.41, 5.74) is 3.26. The minimum atomic E-state index is -0.665. The van der Waals surface area contributed by atoms with Gasteiger partial charge in [0.1, 0.15) is 0 Å². The van der Waals surface area contributed by atoms with Crippen LogP contribution in [0.4, 0.5) is 0 Å². The second-order valence-corrected chi connectivity index (χ2v) is 5.48. The van der Waals surface area contributed by atoms with Gasteiger partial charge in [0.05, 0.1) is 0 Å². The molecule has 0 heterocycles. The van der Waals surface area contributed by atoms with E-state index in [0.29, 0.717) is 6.42 Å². The molecule has 0 amide bonds. The Morgan fingerprint density at radius 2 is 1.35 bits per heavy atom. The van der Waals surface area contributed by atoms with Crippen molar-refractivity contribution in [1.29, 1.82) is 0 Å². The number of hydrogen-bond acceptors (Lipinski definition) is 1. The molecule has 0 unspecified atom stereocenters. The Kier molecular flexibility index (Phi) is 15.2. The summed E-state index contributed by atoms with van der Waals surface area (Å²) in [6.07, 6.45) is 19.0. The van der Waals surface area contributed by atoms with Gasteiger partial charge in [-0.1, -0.05) is 51.9 Å². The van der Waals surface area contributed by atoms with Gasteiger partial charge in [-0.15, -0.1) is 5.73 Å². The molecule has 2 nitrogen and oxygen atoms in total. The van der Waals surface area contributed by atoms with Gasteiger partial charge in [-0.05, 0) is 44.3 Å². The molecule has 0 aliphatic carbocycles. The van der Waals surface area contributed by atoms with Crippen molar-refractivity contribution in [2.75, 3.05) is 0 Å². The second-order valence-electron chi connectivity index (χ2n) is 5.48. The van der Waals surface area contributed by atoms with Crippen LogP contribution in [0.2, 0.25) is 0 Å². The summed E-state index contributed by atoms with van der Waals surface area (Å²) >= 11 is 0. The van der Waals surface area contributed by atoms with Crippen molar-refractivity contribution in [3.63, 3.8) is 0 Å². The Bertz CT molecular complexity index is 275. The molecule has 0 bridgehead atoms. The highest BCUT2D eigenvalue weighted by atomic mass is 16.4. The van der Waals surface area contributed by atoms with E-state index in [-0.39, 0.29) is 0 Å². The number of allylic oxidation sites excluding steroid dienone is 1. The molecule has 0 radical (unpaired) electrons. The van der Waals surface area contributed by atoms with Gasteiger partial charge in [0.25, 0.3) is 0 Å². The van der Waals surface area contributed by atoms with E-state index >= 15 is 0 Å². The summed E-state index contributed by atoms with van der Waals surface area (Å²) in [5.74, 6) is -0.665. The third-order valence-corrected chi connectivity index (χ3v) is 3.43. The fourth-order valence-electron chi connectivity index (χ4n) is 2.14. The number of carboxylic acid groups (broad SMARTS) is 1. The minimum Gasteiger partial charge on any atom is -0.481 e. The molecular weight excluding hydrogens is 248 g/mol. The lowest BCUT2D eigenvalue weighted by atomic mass is 10.1. The van der Waals surface area contributed by atoms with Crippen molar-refractivity contribution in [1.82, 2.24) is 0 Å². The summed E-state index contributed by atoms with van der Waals surface area (Å²) in [5, 5.41) is 8.51. The predicted molar refractivity (Wildman–Crippen MR) is 86.0 cm³/mol. The van der Waals surface area contributed by atoms with Crippen molar-refractivity contribution in [2.45, 2.75) is 90.4 Å². The molecule has 0 rings (SSSR count). The maximum absolute atomic E-state index is 10.3. The number of rotatable bonds is 14. The summed E-state index contributed by atoms with van der Waals surface area (Å²) in [6, 6.07) is 0. The number of unbranched alkanes of at least 4 members (excludes halogenated alkanes) is 10. The SMILES string of the molecule is CCCCC=C=CCCCCCCCCCCC(=O)O. The largest absolute Gasteiger partial charge is 0.481 e. The lowest BCUT2D eigenvalue weighted by Crippen LogP contribution is -1.93. The molecule has 0 saturated heterocycles. The molecule has 0 aromatic carbocycles. The van der Waals surface area contributed by atoms with Gasteiger partial charge in [0.2, 0.25) is 0 Å². The van der Waals surface area contributed by atoms with E-state index in [1.54, 1.807) is 0 Å². The summed E-state index contributed by atoms with van der Waals surface area (Å²) in [7, 11) is 0. The van der Waals surface area contributed by atoms with E-state index in [0.717, 1.165) is 25.7 Å². The molecule has 0 fully saturated rings. The van der Waals surface area contributed by atoms with Crippen LogP contribution in [-0.4, -0.2) is 11.1 Å². The smallest absolute Gasteiger partial charge is 0.303 e. The fraction of sp³-hybridized carbons (Fsp3) is 0.778. The number of carbonyl (C=O) groups is 1. The van der Waals surface area contributed by atoms with Crippen LogP contribution in [0.25, 0.3) is 0 Å². The molecular formula is C18H32O2. The van der Waals surface area contributed by atoms with Gasteiger partial charge in [0, 0.05) is 6.42 Å². The monoisotopic (exact) mass is 280 g/mol. The van der Waals surface area contributed by atoms with Crippen molar-refractivity contribution in [2.24, 2.45) is 0 Å². The summed E-state index contributed by atoms with van der Waals surface area (Å²) < 4.78 is 0. The maximum Gasteiger partial charge on any atom is 0.303 e. The lowest BCUT2D eigenvalue weighted by Gasteiger charge is -2.00. The van der Waals surface area contributed by atoms with Crippen LogP contribution < -0.4 is 0 Å². The van der Waals surface area contributed by atoms with Crippen LogP contribution in [0, 0.1) is 0 Å². The Balaban J connectivity index is 3.13. The standard InChI is InChI=1S/C18H32O2/c1-2-3-4-5-6-7-8-9-10-11-12-13-14-15-16-17-18(19)20/h5,7H,2-4,8-17H2,1H3,(H,19,20). The summed E-state index contributed by atoms with van der Waals surface area (Å²) in [4.78, 5) is 10.3. The van der Waals surface area contributed by atoms with Crippen LogP contribution in [0.15, 0.2) is 17.9 Å². The van der Waals surface area contributed by atoms with Gasteiger partial charge in [-0.25, -0.2) is 0 Å². The Hall–Kier alpha value is -1.01. The van der Waals surface area contributed by atoms with Gasteiger partial charge < -0.3 is 5.11 Å². The highest BCUT2D eigenvalue weighted by Gasteiger charge is 1.96. The highest BCUT2D eigenvalue weighted by molar-refractivity contribution is 5.66. The van der Waals surface area contributed by atoms with Gasteiger partial charge in [-0.3, -0.25) is 4.79 Å². The highest BCUT2D eigenvalue weighted by Crippen LogP contribution is 2.10. The quantitative estimate of drug-likeness (QED) is 0.319. The van der Waals surface area contributed by atoms with Crippen LogP contribution in [-0.2, 0) is 4.79 Å². The first-order valence-electron chi connectivity index (χ1n) is 8.38. The first kappa shape index (κ1) is 19.0. The molecule has 1 N–H and O–H groups in total. The molecule has 20 heavy (non-hydrogen) atoms. The van der Waals surface area contributed by atoms with Gasteiger partial charge in [0.15, 0.2) is 0 Å². The number of hydrogen-bond donors (Lipinski definition) is 1. The first-order chi connectivity index (χ1) is 9.77. The Labute approximate surface area is 125 Å². The van der Waals surface area contributed by atoms with Gasteiger partial charge in [-0.2, -0.15) is 0 Å². The van der Waals surface area contributed by atoms with E-state index in [4.69, 9.17) is 5.11 Å². The minimum absolute atomic E-state index is 0.331. The molecule has 0 aromatic heterocycles. The third kappa shape index (κ3) is 17.0. The molecule has 0 aromatic rings. The van der Waals surface area contributed by atoms with Crippen LogP contribution >= 0.6 is 0 Å². The molecule has 116 valence electrons. The van der Waals surface area contributed by atoms with Crippen molar-refractivity contribution in [3.05, 3.63) is 17.9 Å². The number of carboxylic acids is 1. The zero-order chi connectivity index (χ0) is 14.9.